The van der Waals surface area contributed by atoms with Crippen LogP contribution in [0.2, 0.25) is 0 Å². The third kappa shape index (κ3) is 0.682. The first-order chi connectivity index (χ1) is 3.15. The van der Waals surface area contributed by atoms with E-state index >= 15 is 0 Å². The average molecular weight is 98.2 g/mol. The van der Waals surface area contributed by atoms with E-state index in [2.05, 4.69) is 19.2 Å². The Labute approximate surface area is 44.2 Å². The fourth-order valence-electron chi connectivity index (χ4n) is 0.578. The molecule has 0 atom stereocenters. The van der Waals surface area contributed by atoms with Crippen LogP contribution in [-0.2, 0) is 0 Å². The summed E-state index contributed by atoms with van der Waals surface area (Å²) in [4.78, 5) is 0. The van der Waals surface area contributed by atoms with Crippen molar-refractivity contribution in [2.45, 2.75) is 25.3 Å². The number of rotatable bonds is 1. The van der Waals surface area contributed by atoms with Gasteiger partial charge in [0.15, 0.2) is 0 Å². The number of hydrogen-bond acceptors (Lipinski definition) is 0. The lowest BCUT2D eigenvalue weighted by Gasteiger charge is -1.99. The second kappa shape index (κ2) is 1.10. The van der Waals surface area contributed by atoms with E-state index in [-0.39, 0.29) is 0 Å². The van der Waals surface area contributed by atoms with E-state index in [9.17, 15) is 0 Å². The van der Waals surface area contributed by atoms with Crippen LogP contribution < -0.4 is 5.73 Å². The lowest BCUT2D eigenvalue weighted by Crippen LogP contribution is -2.64. The molecule has 7 heavy (non-hydrogen) atoms. The van der Waals surface area contributed by atoms with Gasteiger partial charge < -0.3 is 5.73 Å². The van der Waals surface area contributed by atoms with Crippen molar-refractivity contribution >= 4 is 0 Å². The Balaban J connectivity index is 2.55. The van der Waals surface area contributed by atoms with Crippen molar-refractivity contribution in [2.75, 3.05) is 0 Å². The minimum absolute atomic E-state index is 0.306. The van der Waals surface area contributed by atoms with Gasteiger partial charge in [0, 0.05) is 12.8 Å². The molecule has 1 aliphatic rings. The van der Waals surface area contributed by atoms with E-state index in [0.29, 0.717) is 5.54 Å². The molecule has 3 N–H and O–H groups in total. The molecule has 1 nitrogen and oxygen atoms in total. The van der Waals surface area contributed by atoms with Gasteiger partial charge in [0.1, 0.15) is 5.54 Å². The van der Waals surface area contributed by atoms with Gasteiger partial charge in [0.05, 0.1) is 0 Å². The maximum absolute atomic E-state index is 3.98. The van der Waals surface area contributed by atoms with Crippen molar-refractivity contribution in [2.24, 2.45) is 0 Å². The first-order valence-corrected chi connectivity index (χ1v) is 2.66. The predicted molar refractivity (Wildman–Crippen MR) is 29.7 cm³/mol. The van der Waals surface area contributed by atoms with Crippen LogP contribution in [0.15, 0.2) is 12.2 Å². The summed E-state index contributed by atoms with van der Waals surface area (Å²) >= 11 is 0. The Hall–Kier alpha value is -0.300. The van der Waals surface area contributed by atoms with Crippen molar-refractivity contribution in [3.8, 4) is 0 Å². The van der Waals surface area contributed by atoms with Gasteiger partial charge in [-0.05, 0) is 12.5 Å². The quantitative estimate of drug-likeness (QED) is 0.458. The monoisotopic (exact) mass is 98.1 g/mol. The molecule has 1 saturated carbocycles. The molecule has 0 spiro atoms. The second-order valence-electron chi connectivity index (χ2n) is 2.56. The summed E-state index contributed by atoms with van der Waals surface area (Å²) in [7, 11) is 0. The van der Waals surface area contributed by atoms with Crippen LogP contribution in [0.25, 0.3) is 0 Å². The minimum atomic E-state index is 0.306. The summed E-state index contributed by atoms with van der Waals surface area (Å²) in [6.07, 6.45) is 2.50. The summed E-state index contributed by atoms with van der Waals surface area (Å²) in [5.41, 5.74) is 5.53. The van der Waals surface area contributed by atoms with Gasteiger partial charge in [-0.2, -0.15) is 0 Å². The zero-order chi connectivity index (χ0) is 5.49. The maximum Gasteiger partial charge on any atom is 0.116 e. The average Bonchev–Trinajstić information content (AvgIpc) is 2.21. The largest absolute Gasteiger partial charge is 0.349 e. The molecular weight excluding hydrogens is 86.1 g/mol. The Morgan fingerprint density at radius 3 is 2.14 bits per heavy atom. The zero-order valence-corrected chi connectivity index (χ0v) is 4.83. The molecule has 0 radical (unpaired) electrons. The molecule has 1 aliphatic carbocycles. The summed E-state index contributed by atoms with van der Waals surface area (Å²) < 4.78 is 0. The molecule has 0 saturated heterocycles. The van der Waals surface area contributed by atoms with Crippen molar-refractivity contribution in [3.05, 3.63) is 12.2 Å². The summed E-state index contributed by atoms with van der Waals surface area (Å²) in [5.74, 6) is 0. The van der Waals surface area contributed by atoms with E-state index < -0.39 is 0 Å². The standard InChI is InChI=1S/C6H11N/c1-5(2)6(7)3-4-6/h1,3-4,7H2,2H3/p+1. The Morgan fingerprint density at radius 2 is 2.14 bits per heavy atom. The van der Waals surface area contributed by atoms with Gasteiger partial charge in [0.2, 0.25) is 0 Å². The molecule has 0 amide bonds. The first kappa shape index (κ1) is 4.85. The molecule has 1 heteroatoms. The highest BCUT2D eigenvalue weighted by Crippen LogP contribution is 2.35. The SMILES string of the molecule is C=C(C)C1([NH3+])CC1. The minimum Gasteiger partial charge on any atom is -0.349 e. The van der Waals surface area contributed by atoms with Gasteiger partial charge in [-0.1, -0.05) is 6.58 Å². The number of hydrogen-bond donors (Lipinski definition) is 1. The van der Waals surface area contributed by atoms with Gasteiger partial charge in [0.25, 0.3) is 0 Å². The molecule has 0 aromatic carbocycles. The first-order valence-electron chi connectivity index (χ1n) is 2.66. The lowest BCUT2D eigenvalue weighted by molar-refractivity contribution is -0.424. The molecule has 1 fully saturated rings. The number of quaternary nitrogens is 1. The molecule has 0 bridgehead atoms. The smallest absolute Gasteiger partial charge is 0.116 e. The van der Waals surface area contributed by atoms with Crippen LogP contribution in [0.1, 0.15) is 19.8 Å². The van der Waals surface area contributed by atoms with E-state index in [1.165, 1.54) is 18.4 Å². The van der Waals surface area contributed by atoms with Crippen molar-refractivity contribution in [1.29, 1.82) is 0 Å². The van der Waals surface area contributed by atoms with Gasteiger partial charge in [-0.3, -0.25) is 0 Å². The van der Waals surface area contributed by atoms with Crippen molar-refractivity contribution in [3.63, 3.8) is 0 Å². The fourth-order valence-corrected chi connectivity index (χ4v) is 0.578. The molecule has 40 valence electrons. The highest BCUT2D eigenvalue weighted by atomic mass is 14.8. The Kier molecular flexibility index (Phi) is 0.762. The molecule has 0 aromatic rings. The normalized spacial score (nSPS) is 24.3. The predicted octanol–water partition coefficient (Wildman–Crippen LogP) is 0.337. The third-order valence-electron chi connectivity index (χ3n) is 1.76. The Bertz CT molecular complexity index is 101. The van der Waals surface area contributed by atoms with Gasteiger partial charge >= 0.3 is 0 Å². The van der Waals surface area contributed by atoms with Crippen LogP contribution in [0.5, 0.6) is 0 Å². The highest BCUT2D eigenvalue weighted by Gasteiger charge is 2.43. The van der Waals surface area contributed by atoms with Crippen LogP contribution in [0.4, 0.5) is 0 Å². The van der Waals surface area contributed by atoms with Crippen LogP contribution in [0, 0.1) is 0 Å². The molecule has 0 aliphatic heterocycles. The molecule has 0 unspecified atom stereocenters. The molecular formula is C6H12N+. The van der Waals surface area contributed by atoms with Crippen LogP contribution >= 0.6 is 0 Å². The topological polar surface area (TPSA) is 27.6 Å². The van der Waals surface area contributed by atoms with E-state index in [1.54, 1.807) is 0 Å². The molecule has 1 rings (SSSR count). The molecule has 0 heterocycles. The third-order valence-corrected chi connectivity index (χ3v) is 1.76. The highest BCUT2D eigenvalue weighted by molar-refractivity contribution is 5.16. The van der Waals surface area contributed by atoms with Crippen molar-refractivity contribution < 1.29 is 5.73 Å². The zero-order valence-electron chi connectivity index (χ0n) is 4.83. The van der Waals surface area contributed by atoms with Crippen LogP contribution in [0.3, 0.4) is 0 Å². The lowest BCUT2D eigenvalue weighted by atomic mass is 10.1. The molecule has 0 aromatic heterocycles. The summed E-state index contributed by atoms with van der Waals surface area (Å²) in [6.45, 7) is 5.88. The fraction of sp³-hybridized carbons (Fsp3) is 0.667. The van der Waals surface area contributed by atoms with Crippen LogP contribution in [-0.4, -0.2) is 5.54 Å². The van der Waals surface area contributed by atoms with E-state index in [1.807, 2.05) is 0 Å². The van der Waals surface area contributed by atoms with Crippen molar-refractivity contribution in [1.82, 2.24) is 0 Å². The van der Waals surface area contributed by atoms with Gasteiger partial charge in [-0.15, -0.1) is 0 Å². The second-order valence-corrected chi connectivity index (χ2v) is 2.56. The Morgan fingerprint density at radius 1 is 1.71 bits per heavy atom. The maximum atomic E-state index is 3.98. The van der Waals surface area contributed by atoms with Gasteiger partial charge in [-0.25, -0.2) is 0 Å². The van der Waals surface area contributed by atoms with E-state index in [4.69, 9.17) is 0 Å². The van der Waals surface area contributed by atoms with E-state index in [0.717, 1.165) is 0 Å². The summed E-state index contributed by atoms with van der Waals surface area (Å²) in [6, 6.07) is 0. The summed E-state index contributed by atoms with van der Waals surface area (Å²) in [5, 5.41) is 0.